The molecule has 2 N–H and O–H groups in total. The van der Waals surface area contributed by atoms with Crippen molar-refractivity contribution in [2.75, 3.05) is 13.1 Å². The Morgan fingerprint density at radius 2 is 1.76 bits per heavy atom. The van der Waals surface area contributed by atoms with Gasteiger partial charge in [0.2, 0.25) is 0 Å². The van der Waals surface area contributed by atoms with E-state index in [1.807, 2.05) is 13.8 Å². The minimum absolute atomic E-state index is 0.211. The monoisotopic (exact) mass is 290 g/mol. The van der Waals surface area contributed by atoms with Crippen LogP contribution in [0.3, 0.4) is 0 Å². The van der Waals surface area contributed by atoms with Crippen LogP contribution in [0.15, 0.2) is 24.3 Å². The van der Waals surface area contributed by atoms with Crippen molar-refractivity contribution in [1.82, 2.24) is 4.90 Å². The summed E-state index contributed by atoms with van der Waals surface area (Å²) in [6.07, 6.45) is 2.96. The molecule has 0 aliphatic heterocycles. The van der Waals surface area contributed by atoms with Gasteiger partial charge in [-0.25, -0.2) is 0 Å². The van der Waals surface area contributed by atoms with Crippen molar-refractivity contribution in [1.29, 1.82) is 0 Å². The summed E-state index contributed by atoms with van der Waals surface area (Å²) in [4.78, 5) is 2.55. The zero-order valence-electron chi connectivity index (χ0n) is 13.9. The molecule has 3 heteroatoms. The van der Waals surface area contributed by atoms with Crippen LogP contribution in [0.2, 0.25) is 0 Å². The molecule has 0 spiro atoms. The minimum Gasteiger partial charge on any atom is -0.491 e. The highest BCUT2D eigenvalue weighted by Gasteiger charge is 2.29. The molecule has 3 nitrogen and oxygen atoms in total. The van der Waals surface area contributed by atoms with E-state index in [2.05, 4.69) is 43.0 Å². The molecule has 21 heavy (non-hydrogen) atoms. The Morgan fingerprint density at radius 3 is 2.19 bits per heavy atom. The number of hydrogen-bond donors (Lipinski definition) is 1. The molecule has 2 rings (SSSR count). The Hall–Kier alpha value is -1.06. The molecule has 0 bridgehead atoms. The van der Waals surface area contributed by atoms with Gasteiger partial charge in [0.05, 0.1) is 6.10 Å². The first-order chi connectivity index (χ1) is 10.0. The van der Waals surface area contributed by atoms with Gasteiger partial charge in [0.1, 0.15) is 5.75 Å². The molecular weight excluding hydrogens is 260 g/mol. The van der Waals surface area contributed by atoms with Gasteiger partial charge in [0.25, 0.3) is 0 Å². The van der Waals surface area contributed by atoms with E-state index in [9.17, 15) is 0 Å². The van der Waals surface area contributed by atoms with Gasteiger partial charge < -0.3 is 10.5 Å². The third-order valence-corrected chi connectivity index (χ3v) is 4.09. The van der Waals surface area contributed by atoms with Crippen LogP contribution >= 0.6 is 0 Å². The standard InChI is InChI=1S/C18H30N2O/c1-13(2)20(12-15-5-6-15)18(11-19)16-7-9-17(10-8-16)21-14(3)4/h7-10,13-15,18H,5-6,11-12,19H2,1-4H3. The van der Waals surface area contributed by atoms with E-state index >= 15 is 0 Å². The highest BCUT2D eigenvalue weighted by atomic mass is 16.5. The first-order valence-corrected chi connectivity index (χ1v) is 8.23. The van der Waals surface area contributed by atoms with Crippen LogP contribution in [0, 0.1) is 5.92 Å². The number of nitrogens with two attached hydrogens (primary N) is 1. The van der Waals surface area contributed by atoms with Gasteiger partial charge in [0.15, 0.2) is 0 Å². The maximum absolute atomic E-state index is 6.09. The fraction of sp³-hybridized carbons (Fsp3) is 0.667. The van der Waals surface area contributed by atoms with Crippen LogP contribution in [0.5, 0.6) is 5.75 Å². The summed E-state index contributed by atoms with van der Waals surface area (Å²) in [7, 11) is 0. The molecule has 0 radical (unpaired) electrons. The molecule has 118 valence electrons. The van der Waals surface area contributed by atoms with E-state index in [1.165, 1.54) is 24.9 Å². The summed E-state index contributed by atoms with van der Waals surface area (Å²) in [5.41, 5.74) is 7.38. The van der Waals surface area contributed by atoms with Crippen molar-refractivity contribution in [2.24, 2.45) is 11.7 Å². The van der Waals surface area contributed by atoms with Crippen molar-refractivity contribution >= 4 is 0 Å². The zero-order chi connectivity index (χ0) is 15.4. The van der Waals surface area contributed by atoms with Crippen molar-refractivity contribution in [3.63, 3.8) is 0 Å². The van der Waals surface area contributed by atoms with E-state index in [0.717, 1.165) is 11.7 Å². The summed E-state index contributed by atoms with van der Waals surface area (Å²) < 4.78 is 5.72. The highest BCUT2D eigenvalue weighted by molar-refractivity contribution is 5.29. The predicted molar refractivity (Wildman–Crippen MR) is 88.6 cm³/mol. The van der Waals surface area contributed by atoms with Crippen LogP contribution in [0.4, 0.5) is 0 Å². The first-order valence-electron chi connectivity index (χ1n) is 8.23. The molecule has 0 amide bonds. The Labute approximate surface area is 129 Å². The molecule has 0 aromatic heterocycles. The van der Waals surface area contributed by atoms with Gasteiger partial charge in [-0.2, -0.15) is 0 Å². The first kappa shape index (κ1) is 16.3. The number of benzene rings is 1. The second-order valence-corrected chi connectivity index (χ2v) is 6.72. The molecule has 1 aromatic rings. The number of hydrogen-bond acceptors (Lipinski definition) is 3. The molecule has 1 fully saturated rings. The number of ether oxygens (including phenoxy) is 1. The topological polar surface area (TPSA) is 38.5 Å². The summed E-state index contributed by atoms with van der Waals surface area (Å²) >= 11 is 0. The van der Waals surface area contributed by atoms with Crippen LogP contribution in [-0.4, -0.2) is 30.1 Å². The normalized spacial score (nSPS) is 16.8. The van der Waals surface area contributed by atoms with Gasteiger partial charge in [-0.1, -0.05) is 12.1 Å². The largest absolute Gasteiger partial charge is 0.491 e. The molecular formula is C18H30N2O. The summed E-state index contributed by atoms with van der Waals surface area (Å²) in [6.45, 7) is 10.5. The maximum Gasteiger partial charge on any atom is 0.119 e. The lowest BCUT2D eigenvalue weighted by Crippen LogP contribution is -2.40. The zero-order valence-corrected chi connectivity index (χ0v) is 13.9. The lowest BCUT2D eigenvalue weighted by Gasteiger charge is -2.35. The van der Waals surface area contributed by atoms with E-state index in [0.29, 0.717) is 18.6 Å². The molecule has 1 aliphatic rings. The van der Waals surface area contributed by atoms with E-state index < -0.39 is 0 Å². The Balaban J connectivity index is 2.10. The Kier molecular flexibility index (Phi) is 5.65. The Bertz CT molecular complexity index is 423. The van der Waals surface area contributed by atoms with Gasteiger partial charge in [0, 0.05) is 25.2 Å². The molecule has 1 aromatic carbocycles. The van der Waals surface area contributed by atoms with Gasteiger partial charge >= 0.3 is 0 Å². The maximum atomic E-state index is 6.09. The number of nitrogens with zero attached hydrogens (tertiary/aromatic N) is 1. The van der Waals surface area contributed by atoms with Gasteiger partial charge in [-0.05, 0) is 64.2 Å². The van der Waals surface area contributed by atoms with E-state index in [-0.39, 0.29) is 6.10 Å². The quantitative estimate of drug-likeness (QED) is 0.795. The van der Waals surface area contributed by atoms with Gasteiger partial charge in [-0.3, -0.25) is 4.90 Å². The third-order valence-electron chi connectivity index (χ3n) is 4.09. The lowest BCUT2D eigenvalue weighted by atomic mass is 10.0. The minimum atomic E-state index is 0.211. The van der Waals surface area contributed by atoms with Crippen LogP contribution in [0.1, 0.15) is 52.1 Å². The Morgan fingerprint density at radius 1 is 1.14 bits per heavy atom. The summed E-state index contributed by atoms with van der Waals surface area (Å²) in [6, 6.07) is 9.28. The molecule has 0 saturated heterocycles. The average Bonchev–Trinajstić information content (AvgIpc) is 3.23. The van der Waals surface area contributed by atoms with Crippen LogP contribution < -0.4 is 10.5 Å². The van der Waals surface area contributed by atoms with Crippen LogP contribution in [0.25, 0.3) is 0 Å². The molecule has 1 aliphatic carbocycles. The van der Waals surface area contributed by atoms with Crippen molar-refractivity contribution in [3.05, 3.63) is 29.8 Å². The van der Waals surface area contributed by atoms with E-state index in [4.69, 9.17) is 10.5 Å². The van der Waals surface area contributed by atoms with Crippen molar-refractivity contribution in [2.45, 2.75) is 58.7 Å². The lowest BCUT2D eigenvalue weighted by molar-refractivity contribution is 0.149. The molecule has 1 atom stereocenters. The molecule has 0 heterocycles. The van der Waals surface area contributed by atoms with Gasteiger partial charge in [-0.15, -0.1) is 0 Å². The smallest absolute Gasteiger partial charge is 0.119 e. The summed E-state index contributed by atoms with van der Waals surface area (Å²) in [5.74, 6) is 1.81. The van der Waals surface area contributed by atoms with Crippen LogP contribution in [-0.2, 0) is 0 Å². The van der Waals surface area contributed by atoms with Crippen molar-refractivity contribution in [3.8, 4) is 5.75 Å². The number of rotatable bonds is 8. The fourth-order valence-corrected chi connectivity index (χ4v) is 2.80. The SMILES string of the molecule is CC(C)Oc1ccc(C(CN)N(CC2CC2)C(C)C)cc1. The molecule has 1 saturated carbocycles. The van der Waals surface area contributed by atoms with E-state index in [1.54, 1.807) is 0 Å². The fourth-order valence-electron chi connectivity index (χ4n) is 2.80. The predicted octanol–water partition coefficient (Wildman–Crippen LogP) is 3.59. The van der Waals surface area contributed by atoms with Crippen molar-refractivity contribution < 1.29 is 4.74 Å². The molecule has 1 unspecified atom stereocenters. The summed E-state index contributed by atoms with van der Waals surface area (Å²) in [5, 5.41) is 0. The average molecular weight is 290 g/mol. The second-order valence-electron chi connectivity index (χ2n) is 6.72. The highest BCUT2D eigenvalue weighted by Crippen LogP contribution is 2.34. The second kappa shape index (κ2) is 7.28. The third kappa shape index (κ3) is 4.72.